The zero-order chi connectivity index (χ0) is 22.9. The predicted octanol–water partition coefficient (Wildman–Crippen LogP) is 4.37. The molecule has 1 N–H and O–H groups in total. The van der Waals surface area contributed by atoms with Crippen LogP contribution in [0, 0.1) is 5.82 Å². The number of aromatic nitrogens is 5. The normalized spacial score (nSPS) is 11.4. The molecule has 0 fully saturated rings. The van der Waals surface area contributed by atoms with E-state index in [1.165, 1.54) is 12.1 Å². The Morgan fingerprint density at radius 2 is 1.94 bits per heavy atom. The standard InChI is InChI=1S/C25H21FN6O/c1-15(2)28-25(33)19-9-8-17(13-20(19)26)21-10-11-22-24(29-21)32(31-30-22)14-18-6-3-5-16-7-4-12-27-23(16)18/h3-13,15H,14H2,1-2H3,(H,28,33). The van der Waals surface area contributed by atoms with Crippen molar-refractivity contribution in [1.29, 1.82) is 0 Å². The smallest absolute Gasteiger partial charge is 0.254 e. The van der Waals surface area contributed by atoms with Gasteiger partial charge in [0, 0.05) is 23.2 Å². The second-order valence-corrected chi connectivity index (χ2v) is 8.10. The van der Waals surface area contributed by atoms with Gasteiger partial charge in [-0.3, -0.25) is 9.78 Å². The summed E-state index contributed by atoms with van der Waals surface area (Å²) in [6, 6.07) is 17.9. The molecule has 1 amide bonds. The van der Waals surface area contributed by atoms with Crippen molar-refractivity contribution in [3.8, 4) is 11.3 Å². The molecule has 0 atom stereocenters. The molecule has 3 aromatic heterocycles. The van der Waals surface area contributed by atoms with Crippen molar-refractivity contribution in [3.05, 3.63) is 83.8 Å². The molecule has 0 aliphatic heterocycles. The highest BCUT2D eigenvalue weighted by atomic mass is 19.1. The molecule has 5 rings (SSSR count). The molecular weight excluding hydrogens is 419 g/mol. The van der Waals surface area contributed by atoms with Crippen LogP contribution in [0.2, 0.25) is 0 Å². The number of halogens is 1. The van der Waals surface area contributed by atoms with E-state index in [4.69, 9.17) is 4.98 Å². The molecule has 0 aliphatic carbocycles. The number of hydrogen-bond donors (Lipinski definition) is 1. The van der Waals surface area contributed by atoms with Crippen molar-refractivity contribution in [2.45, 2.75) is 26.4 Å². The first-order valence-corrected chi connectivity index (χ1v) is 10.6. The van der Waals surface area contributed by atoms with Gasteiger partial charge in [-0.25, -0.2) is 14.1 Å². The van der Waals surface area contributed by atoms with Gasteiger partial charge in [-0.05, 0) is 49.7 Å². The maximum Gasteiger partial charge on any atom is 0.254 e. The number of fused-ring (bicyclic) bond motifs is 2. The molecule has 0 radical (unpaired) electrons. The van der Waals surface area contributed by atoms with E-state index in [9.17, 15) is 9.18 Å². The third kappa shape index (κ3) is 4.03. The highest BCUT2D eigenvalue weighted by molar-refractivity contribution is 5.95. The van der Waals surface area contributed by atoms with E-state index in [-0.39, 0.29) is 11.6 Å². The minimum atomic E-state index is -0.596. The third-order valence-electron chi connectivity index (χ3n) is 5.33. The Balaban J connectivity index is 1.50. The predicted molar refractivity (Wildman–Crippen MR) is 124 cm³/mol. The van der Waals surface area contributed by atoms with E-state index in [1.807, 2.05) is 44.2 Å². The quantitative estimate of drug-likeness (QED) is 0.439. The third-order valence-corrected chi connectivity index (χ3v) is 5.33. The Bertz CT molecular complexity index is 1490. The average molecular weight is 440 g/mol. The minimum absolute atomic E-state index is 0.00342. The second-order valence-electron chi connectivity index (χ2n) is 8.10. The van der Waals surface area contributed by atoms with E-state index >= 15 is 0 Å². The number of pyridine rings is 2. The van der Waals surface area contributed by atoms with Gasteiger partial charge in [-0.2, -0.15) is 0 Å². The van der Waals surface area contributed by atoms with Gasteiger partial charge in [-0.15, -0.1) is 5.10 Å². The molecular formula is C25H21FN6O. The van der Waals surface area contributed by atoms with Gasteiger partial charge in [0.05, 0.1) is 23.3 Å². The Labute approximate surface area is 189 Å². The zero-order valence-electron chi connectivity index (χ0n) is 18.2. The van der Waals surface area contributed by atoms with E-state index < -0.39 is 11.7 Å². The Morgan fingerprint density at radius 3 is 2.76 bits per heavy atom. The van der Waals surface area contributed by atoms with E-state index in [0.29, 0.717) is 29.0 Å². The SMILES string of the molecule is CC(C)NC(=O)c1ccc(-c2ccc3nnn(Cc4cccc5cccnc45)c3n2)cc1F. The molecule has 0 saturated heterocycles. The van der Waals surface area contributed by atoms with Crippen molar-refractivity contribution in [3.63, 3.8) is 0 Å². The highest BCUT2D eigenvalue weighted by Crippen LogP contribution is 2.24. The van der Waals surface area contributed by atoms with Crippen LogP contribution in [0.25, 0.3) is 33.3 Å². The average Bonchev–Trinajstić information content (AvgIpc) is 3.20. The Morgan fingerprint density at radius 1 is 1.09 bits per heavy atom. The summed E-state index contributed by atoms with van der Waals surface area (Å²) in [7, 11) is 0. The fraction of sp³-hybridized carbons (Fsp3) is 0.160. The van der Waals surface area contributed by atoms with Crippen molar-refractivity contribution < 1.29 is 9.18 Å². The van der Waals surface area contributed by atoms with Crippen LogP contribution < -0.4 is 5.32 Å². The van der Waals surface area contributed by atoms with Crippen molar-refractivity contribution >= 4 is 28.0 Å². The minimum Gasteiger partial charge on any atom is -0.350 e. The summed E-state index contributed by atoms with van der Waals surface area (Å²) in [5.74, 6) is -1.04. The maximum atomic E-state index is 14.7. The summed E-state index contributed by atoms with van der Waals surface area (Å²) < 4.78 is 16.4. The number of hydrogen-bond acceptors (Lipinski definition) is 5. The first-order chi connectivity index (χ1) is 16.0. The summed E-state index contributed by atoms with van der Waals surface area (Å²) in [6.07, 6.45) is 1.77. The fourth-order valence-electron chi connectivity index (χ4n) is 3.78. The summed E-state index contributed by atoms with van der Waals surface area (Å²) in [4.78, 5) is 21.4. The lowest BCUT2D eigenvalue weighted by molar-refractivity contribution is 0.0939. The van der Waals surface area contributed by atoms with Crippen molar-refractivity contribution in [1.82, 2.24) is 30.3 Å². The lowest BCUT2D eigenvalue weighted by atomic mass is 10.1. The lowest BCUT2D eigenvalue weighted by Gasteiger charge is -2.10. The van der Waals surface area contributed by atoms with Gasteiger partial charge >= 0.3 is 0 Å². The van der Waals surface area contributed by atoms with Crippen molar-refractivity contribution in [2.75, 3.05) is 0 Å². The molecule has 5 aromatic rings. The van der Waals surface area contributed by atoms with Gasteiger partial charge in [0.1, 0.15) is 11.3 Å². The molecule has 7 nitrogen and oxygen atoms in total. The van der Waals surface area contributed by atoms with Crippen LogP contribution in [0.15, 0.2) is 66.9 Å². The molecule has 0 bridgehead atoms. The maximum absolute atomic E-state index is 14.7. The number of nitrogens with zero attached hydrogens (tertiary/aromatic N) is 5. The monoisotopic (exact) mass is 440 g/mol. The van der Waals surface area contributed by atoms with E-state index in [0.717, 1.165) is 16.5 Å². The van der Waals surface area contributed by atoms with E-state index in [2.05, 4.69) is 20.6 Å². The summed E-state index contributed by atoms with van der Waals surface area (Å²) in [6.45, 7) is 4.10. The highest BCUT2D eigenvalue weighted by Gasteiger charge is 2.15. The van der Waals surface area contributed by atoms with E-state index in [1.54, 1.807) is 29.1 Å². The van der Waals surface area contributed by atoms with Crippen LogP contribution in [0.3, 0.4) is 0 Å². The van der Waals surface area contributed by atoms with Gasteiger partial charge in [0.15, 0.2) is 5.65 Å². The molecule has 0 saturated carbocycles. The summed E-state index contributed by atoms with van der Waals surface area (Å²) in [5, 5.41) is 12.2. The fourth-order valence-corrected chi connectivity index (χ4v) is 3.78. The lowest BCUT2D eigenvalue weighted by Crippen LogP contribution is -2.30. The molecule has 164 valence electrons. The number of rotatable bonds is 5. The number of carbonyl (C=O) groups excluding carboxylic acids is 1. The number of amides is 1. The second kappa shape index (κ2) is 8.38. The summed E-state index contributed by atoms with van der Waals surface area (Å²) >= 11 is 0. The van der Waals surface area contributed by atoms with Gasteiger partial charge in [0.25, 0.3) is 5.91 Å². The van der Waals surface area contributed by atoms with Crippen LogP contribution in [-0.4, -0.2) is 36.9 Å². The number of nitrogens with one attached hydrogen (secondary N) is 1. The Hall–Kier alpha value is -4.20. The molecule has 2 aromatic carbocycles. The first-order valence-electron chi connectivity index (χ1n) is 10.6. The molecule has 0 spiro atoms. The zero-order valence-corrected chi connectivity index (χ0v) is 18.2. The number of benzene rings is 2. The number of carbonyl (C=O) groups is 1. The van der Waals surface area contributed by atoms with Crippen LogP contribution >= 0.6 is 0 Å². The topological polar surface area (TPSA) is 85.6 Å². The largest absolute Gasteiger partial charge is 0.350 e. The van der Waals surface area contributed by atoms with Crippen LogP contribution in [0.1, 0.15) is 29.8 Å². The molecule has 0 unspecified atom stereocenters. The van der Waals surface area contributed by atoms with Crippen molar-refractivity contribution in [2.24, 2.45) is 0 Å². The van der Waals surface area contributed by atoms with Gasteiger partial charge < -0.3 is 5.32 Å². The molecule has 0 aliphatic rings. The van der Waals surface area contributed by atoms with Crippen LogP contribution in [0.4, 0.5) is 4.39 Å². The Kier molecular flexibility index (Phi) is 5.26. The molecule has 8 heteroatoms. The number of para-hydroxylation sites is 1. The van der Waals surface area contributed by atoms with Gasteiger partial charge in [-0.1, -0.05) is 35.5 Å². The van der Waals surface area contributed by atoms with Crippen LogP contribution in [-0.2, 0) is 6.54 Å². The molecule has 3 heterocycles. The summed E-state index contributed by atoms with van der Waals surface area (Å²) in [5.41, 5.74) is 4.26. The van der Waals surface area contributed by atoms with Gasteiger partial charge in [0.2, 0.25) is 0 Å². The first kappa shape index (κ1) is 20.7. The van der Waals surface area contributed by atoms with Crippen LogP contribution in [0.5, 0.6) is 0 Å². The molecule has 33 heavy (non-hydrogen) atoms.